The van der Waals surface area contributed by atoms with Crippen molar-refractivity contribution in [1.29, 1.82) is 0 Å². The van der Waals surface area contributed by atoms with Crippen molar-refractivity contribution >= 4 is 11.7 Å². The van der Waals surface area contributed by atoms with Crippen LogP contribution in [0.15, 0.2) is 24.3 Å². The van der Waals surface area contributed by atoms with Gasteiger partial charge in [-0.25, -0.2) is 4.79 Å². The molecule has 0 spiro atoms. The monoisotopic (exact) mass is 302 g/mol. The van der Waals surface area contributed by atoms with Gasteiger partial charge < -0.3 is 15.0 Å². The third-order valence-corrected chi connectivity index (χ3v) is 3.38. The molecule has 0 aliphatic carbocycles. The summed E-state index contributed by atoms with van der Waals surface area (Å²) in [5.74, 6) is 0.235. The SMILES string of the molecule is CN(CC1CCOC1)C(=O)Nc1ccccc1C(F)(F)F. The number of rotatable bonds is 3. The molecule has 2 rings (SSSR count). The molecule has 0 radical (unpaired) electrons. The Bertz CT molecular complexity index is 499. The Hall–Kier alpha value is -1.76. The van der Waals surface area contributed by atoms with E-state index >= 15 is 0 Å². The summed E-state index contributed by atoms with van der Waals surface area (Å²) in [5.41, 5.74) is -1.08. The summed E-state index contributed by atoms with van der Waals surface area (Å²) in [4.78, 5) is 13.4. The molecule has 1 saturated heterocycles. The van der Waals surface area contributed by atoms with E-state index in [-0.39, 0.29) is 11.6 Å². The Kier molecular flexibility index (Phi) is 4.72. The van der Waals surface area contributed by atoms with E-state index in [2.05, 4.69) is 5.32 Å². The number of hydrogen-bond acceptors (Lipinski definition) is 2. The lowest BCUT2D eigenvalue weighted by molar-refractivity contribution is -0.136. The zero-order chi connectivity index (χ0) is 15.5. The molecule has 0 bridgehead atoms. The van der Waals surface area contributed by atoms with Crippen molar-refractivity contribution in [3.05, 3.63) is 29.8 Å². The van der Waals surface area contributed by atoms with Crippen LogP contribution in [-0.4, -0.2) is 37.7 Å². The van der Waals surface area contributed by atoms with E-state index in [0.717, 1.165) is 12.5 Å². The summed E-state index contributed by atoms with van der Waals surface area (Å²) < 4.78 is 43.8. The Labute approximate surface area is 120 Å². The lowest BCUT2D eigenvalue weighted by Crippen LogP contribution is -2.35. The van der Waals surface area contributed by atoms with Crippen molar-refractivity contribution in [2.45, 2.75) is 12.6 Å². The van der Waals surface area contributed by atoms with Crippen LogP contribution in [0.3, 0.4) is 0 Å². The molecule has 1 aliphatic heterocycles. The second-order valence-electron chi connectivity index (χ2n) is 5.08. The van der Waals surface area contributed by atoms with E-state index in [9.17, 15) is 18.0 Å². The molecular formula is C14H17F3N2O2. The van der Waals surface area contributed by atoms with Crippen molar-refractivity contribution < 1.29 is 22.7 Å². The summed E-state index contributed by atoms with van der Waals surface area (Å²) in [6.07, 6.45) is -3.64. The standard InChI is InChI=1S/C14H17F3N2O2/c1-19(8-10-6-7-21-9-10)13(20)18-12-5-3-2-4-11(12)14(15,16)17/h2-5,10H,6-9H2,1H3,(H,18,20). The normalized spacial score (nSPS) is 18.6. The molecule has 1 atom stereocenters. The Morgan fingerprint density at radius 3 is 2.76 bits per heavy atom. The average molecular weight is 302 g/mol. The maximum Gasteiger partial charge on any atom is 0.418 e. The Morgan fingerprint density at radius 1 is 1.43 bits per heavy atom. The highest BCUT2D eigenvalue weighted by Crippen LogP contribution is 2.34. The zero-order valence-corrected chi connectivity index (χ0v) is 11.6. The maximum absolute atomic E-state index is 12.8. The number of carbonyl (C=O) groups excluding carboxylic acids is 1. The van der Waals surface area contributed by atoms with E-state index in [0.29, 0.717) is 19.8 Å². The largest absolute Gasteiger partial charge is 0.418 e. The predicted molar refractivity (Wildman–Crippen MR) is 72.0 cm³/mol. The van der Waals surface area contributed by atoms with Crippen molar-refractivity contribution in [1.82, 2.24) is 4.90 Å². The smallest absolute Gasteiger partial charge is 0.381 e. The van der Waals surface area contributed by atoms with Gasteiger partial charge in [0.2, 0.25) is 0 Å². The second-order valence-corrected chi connectivity index (χ2v) is 5.08. The summed E-state index contributed by atoms with van der Waals surface area (Å²) >= 11 is 0. The number of carbonyl (C=O) groups is 1. The number of nitrogens with zero attached hydrogens (tertiary/aromatic N) is 1. The van der Waals surface area contributed by atoms with Crippen LogP contribution in [0.5, 0.6) is 0 Å². The highest BCUT2D eigenvalue weighted by molar-refractivity contribution is 5.90. The van der Waals surface area contributed by atoms with E-state index < -0.39 is 17.8 Å². The fourth-order valence-electron chi connectivity index (χ4n) is 2.25. The number of amides is 2. The van der Waals surface area contributed by atoms with E-state index in [1.54, 1.807) is 7.05 Å². The van der Waals surface area contributed by atoms with Crippen LogP contribution >= 0.6 is 0 Å². The molecule has 2 amide bonds. The number of anilines is 1. The van der Waals surface area contributed by atoms with Crippen LogP contribution in [0, 0.1) is 5.92 Å². The van der Waals surface area contributed by atoms with Gasteiger partial charge in [0.15, 0.2) is 0 Å². The molecule has 4 nitrogen and oxygen atoms in total. The number of ether oxygens (including phenoxy) is 1. The molecule has 1 N–H and O–H groups in total. The highest BCUT2D eigenvalue weighted by Gasteiger charge is 2.33. The molecular weight excluding hydrogens is 285 g/mol. The van der Waals surface area contributed by atoms with Gasteiger partial charge in [0.05, 0.1) is 17.9 Å². The number of nitrogens with one attached hydrogen (secondary N) is 1. The minimum Gasteiger partial charge on any atom is -0.381 e. The molecule has 21 heavy (non-hydrogen) atoms. The van der Waals surface area contributed by atoms with Gasteiger partial charge in [-0.15, -0.1) is 0 Å². The number of benzene rings is 1. The van der Waals surface area contributed by atoms with Gasteiger partial charge in [0.25, 0.3) is 0 Å². The van der Waals surface area contributed by atoms with Gasteiger partial charge in [0.1, 0.15) is 0 Å². The number of alkyl halides is 3. The fraction of sp³-hybridized carbons (Fsp3) is 0.500. The van der Waals surface area contributed by atoms with Crippen molar-refractivity contribution in [3.8, 4) is 0 Å². The van der Waals surface area contributed by atoms with Crippen LogP contribution in [0.1, 0.15) is 12.0 Å². The first-order valence-electron chi connectivity index (χ1n) is 6.64. The number of para-hydroxylation sites is 1. The summed E-state index contributed by atoms with van der Waals surface area (Å²) in [6, 6.07) is 4.38. The summed E-state index contributed by atoms with van der Waals surface area (Å²) in [5, 5.41) is 2.32. The van der Waals surface area contributed by atoms with Crippen LogP contribution in [-0.2, 0) is 10.9 Å². The van der Waals surface area contributed by atoms with Gasteiger partial charge in [-0.3, -0.25) is 0 Å². The van der Waals surface area contributed by atoms with Crippen molar-refractivity contribution in [2.75, 3.05) is 32.1 Å². The predicted octanol–water partition coefficient (Wildman–Crippen LogP) is 3.21. The van der Waals surface area contributed by atoms with Crippen LogP contribution in [0.2, 0.25) is 0 Å². The minimum atomic E-state index is -4.50. The molecule has 7 heteroatoms. The third-order valence-electron chi connectivity index (χ3n) is 3.38. The summed E-state index contributed by atoms with van der Waals surface area (Å²) in [6.45, 7) is 1.70. The molecule has 0 saturated carbocycles. The van der Waals surface area contributed by atoms with Gasteiger partial charge >= 0.3 is 12.2 Å². The molecule has 1 heterocycles. The molecule has 1 aliphatic rings. The number of hydrogen-bond donors (Lipinski definition) is 1. The van der Waals surface area contributed by atoms with E-state index in [1.807, 2.05) is 0 Å². The fourth-order valence-corrected chi connectivity index (χ4v) is 2.25. The first kappa shape index (κ1) is 15.6. The molecule has 1 aromatic rings. The lowest BCUT2D eigenvalue weighted by Gasteiger charge is -2.22. The van der Waals surface area contributed by atoms with Gasteiger partial charge in [0, 0.05) is 26.1 Å². The average Bonchev–Trinajstić information content (AvgIpc) is 2.91. The van der Waals surface area contributed by atoms with Crippen molar-refractivity contribution in [2.24, 2.45) is 5.92 Å². The highest BCUT2D eigenvalue weighted by atomic mass is 19.4. The van der Waals surface area contributed by atoms with Crippen molar-refractivity contribution in [3.63, 3.8) is 0 Å². The topological polar surface area (TPSA) is 41.6 Å². The molecule has 0 aromatic heterocycles. The third kappa shape index (κ3) is 4.10. The van der Waals surface area contributed by atoms with Gasteiger partial charge in [-0.05, 0) is 18.6 Å². The minimum absolute atomic E-state index is 0.232. The number of halogens is 3. The molecule has 1 fully saturated rings. The Balaban J connectivity index is 2.02. The van der Waals surface area contributed by atoms with Crippen LogP contribution in [0.25, 0.3) is 0 Å². The molecule has 1 aromatic carbocycles. The first-order chi connectivity index (χ1) is 9.88. The first-order valence-corrected chi connectivity index (χ1v) is 6.64. The number of urea groups is 1. The maximum atomic E-state index is 12.8. The Morgan fingerprint density at radius 2 is 2.14 bits per heavy atom. The molecule has 116 valence electrons. The lowest BCUT2D eigenvalue weighted by atomic mass is 10.1. The second kappa shape index (κ2) is 6.34. The van der Waals surface area contributed by atoms with Gasteiger partial charge in [-0.1, -0.05) is 12.1 Å². The van der Waals surface area contributed by atoms with E-state index in [4.69, 9.17) is 4.74 Å². The quantitative estimate of drug-likeness (QED) is 0.931. The van der Waals surface area contributed by atoms with Crippen LogP contribution in [0.4, 0.5) is 23.7 Å². The van der Waals surface area contributed by atoms with Gasteiger partial charge in [-0.2, -0.15) is 13.2 Å². The van der Waals surface area contributed by atoms with Crippen LogP contribution < -0.4 is 5.32 Å². The zero-order valence-electron chi connectivity index (χ0n) is 11.6. The molecule has 1 unspecified atom stereocenters. The summed E-state index contributed by atoms with van der Waals surface area (Å²) in [7, 11) is 1.56. The van der Waals surface area contributed by atoms with E-state index in [1.165, 1.54) is 23.1 Å².